The molecule has 3 aromatic heterocycles. The Morgan fingerprint density at radius 2 is 1.00 bits per heavy atom. The van der Waals surface area contributed by atoms with Gasteiger partial charge in [-0.05, 0) is 112 Å². The number of hydrogen-bond acceptors (Lipinski definition) is 5. The average molecular weight is 787 g/mol. The van der Waals surface area contributed by atoms with Crippen LogP contribution in [0.4, 0.5) is 17.1 Å². The summed E-state index contributed by atoms with van der Waals surface area (Å²) in [6.07, 6.45) is 0. The van der Waals surface area contributed by atoms with Crippen molar-refractivity contribution < 1.29 is 8.83 Å². The van der Waals surface area contributed by atoms with Crippen LogP contribution in [0.15, 0.2) is 215 Å². The molecule has 0 saturated carbocycles. The number of benzene rings is 9. The first-order valence-electron chi connectivity index (χ1n) is 20.1. The first-order valence-corrected chi connectivity index (χ1v) is 20.9. The number of aromatic nitrogens is 1. The van der Waals surface area contributed by atoms with Crippen LogP contribution in [0.25, 0.3) is 98.0 Å². The second kappa shape index (κ2) is 14.0. The van der Waals surface area contributed by atoms with Crippen molar-refractivity contribution in [3.63, 3.8) is 0 Å². The van der Waals surface area contributed by atoms with Crippen molar-refractivity contribution in [2.45, 2.75) is 0 Å². The van der Waals surface area contributed by atoms with E-state index in [1.54, 1.807) is 0 Å². The van der Waals surface area contributed by atoms with E-state index in [2.05, 4.69) is 169 Å². The smallest absolute Gasteiger partial charge is 0.227 e. The summed E-state index contributed by atoms with van der Waals surface area (Å²) in [5.41, 5.74) is 14.3. The lowest BCUT2D eigenvalue weighted by Crippen LogP contribution is -2.10. The van der Waals surface area contributed by atoms with E-state index in [1.807, 2.05) is 53.8 Å². The standard InChI is InChI=1S/C55H34N2O2S/c1-3-11-35(12-4-1)39-15-9-16-43(33-39)57(42-28-23-37(24-29-42)44-18-10-19-46-45-17-7-8-20-51(45)60-54(44)46)41-26-21-36(22-27-41)40-25-30-47-50(34-40)58-48-31-32-49-53(52(47)48)56-55(59-49)38-13-5-2-6-14-38/h1-34H. The highest BCUT2D eigenvalue weighted by molar-refractivity contribution is 7.26. The van der Waals surface area contributed by atoms with Gasteiger partial charge in [-0.3, -0.25) is 0 Å². The summed E-state index contributed by atoms with van der Waals surface area (Å²) in [5.74, 6) is 0.603. The van der Waals surface area contributed by atoms with Crippen molar-refractivity contribution in [3.05, 3.63) is 206 Å². The van der Waals surface area contributed by atoms with Gasteiger partial charge in [-0.15, -0.1) is 11.3 Å². The maximum Gasteiger partial charge on any atom is 0.227 e. The predicted molar refractivity (Wildman–Crippen MR) is 251 cm³/mol. The molecule has 0 aliphatic heterocycles. The summed E-state index contributed by atoms with van der Waals surface area (Å²) in [7, 11) is 0. The Morgan fingerprint density at radius 3 is 1.80 bits per heavy atom. The lowest BCUT2D eigenvalue weighted by Gasteiger charge is -2.26. The van der Waals surface area contributed by atoms with Crippen LogP contribution in [0.1, 0.15) is 0 Å². The van der Waals surface area contributed by atoms with Crippen LogP contribution in [0.3, 0.4) is 0 Å². The number of fused-ring (bicyclic) bond motifs is 8. The molecule has 0 aliphatic carbocycles. The Hall–Kier alpha value is -7.73. The Morgan fingerprint density at radius 1 is 0.383 bits per heavy atom. The molecular formula is C55H34N2O2S. The van der Waals surface area contributed by atoms with Crippen molar-refractivity contribution >= 4 is 81.6 Å². The van der Waals surface area contributed by atoms with Crippen LogP contribution in [0.2, 0.25) is 0 Å². The molecular weight excluding hydrogens is 753 g/mol. The molecule has 0 N–H and O–H groups in total. The SMILES string of the molecule is c1ccc(-c2cccc(N(c3ccc(-c4ccc5c(c4)oc4ccc6oc(-c7ccccc7)nc6c45)cc3)c3ccc(-c4cccc5c4sc4ccccc45)cc3)c2)cc1. The minimum absolute atomic E-state index is 0.603. The van der Waals surface area contributed by atoms with E-state index in [1.165, 1.54) is 42.4 Å². The van der Waals surface area contributed by atoms with Crippen LogP contribution in [0.5, 0.6) is 0 Å². The maximum absolute atomic E-state index is 6.45. The zero-order valence-corrected chi connectivity index (χ0v) is 33.1. The molecule has 9 aromatic carbocycles. The van der Waals surface area contributed by atoms with E-state index in [0.29, 0.717) is 5.89 Å². The van der Waals surface area contributed by atoms with Gasteiger partial charge in [-0.2, -0.15) is 0 Å². The highest BCUT2D eigenvalue weighted by Crippen LogP contribution is 2.43. The Bertz CT molecular complexity index is 3530. The lowest BCUT2D eigenvalue weighted by molar-refractivity contribution is 0.619. The van der Waals surface area contributed by atoms with Crippen molar-refractivity contribution in [2.24, 2.45) is 0 Å². The average Bonchev–Trinajstić information content (AvgIpc) is 4.04. The van der Waals surface area contributed by atoms with Crippen molar-refractivity contribution in [2.75, 3.05) is 4.90 Å². The Kier molecular flexibility index (Phi) is 8.00. The summed E-state index contributed by atoms with van der Waals surface area (Å²) >= 11 is 1.87. The fourth-order valence-electron chi connectivity index (χ4n) is 8.61. The maximum atomic E-state index is 6.45. The Labute approximate surface area is 349 Å². The molecule has 4 nitrogen and oxygen atoms in total. The number of anilines is 3. The highest BCUT2D eigenvalue weighted by Gasteiger charge is 2.19. The van der Waals surface area contributed by atoms with E-state index in [0.717, 1.165) is 66.8 Å². The summed E-state index contributed by atoms with van der Waals surface area (Å²) in [5, 5.41) is 4.60. The van der Waals surface area contributed by atoms with Gasteiger partial charge in [0.05, 0.1) is 5.39 Å². The predicted octanol–water partition coefficient (Wildman–Crippen LogP) is 16.2. The molecule has 0 spiro atoms. The Balaban J connectivity index is 0.919. The monoisotopic (exact) mass is 786 g/mol. The molecule has 0 aliphatic rings. The summed E-state index contributed by atoms with van der Waals surface area (Å²) < 4.78 is 15.3. The molecule has 0 amide bonds. The largest absolute Gasteiger partial charge is 0.456 e. The quantitative estimate of drug-likeness (QED) is 0.161. The second-order valence-electron chi connectivity index (χ2n) is 15.1. The van der Waals surface area contributed by atoms with Gasteiger partial charge in [0.15, 0.2) is 5.58 Å². The molecule has 60 heavy (non-hydrogen) atoms. The van der Waals surface area contributed by atoms with Gasteiger partial charge >= 0.3 is 0 Å². The molecule has 12 rings (SSSR count). The molecule has 5 heteroatoms. The van der Waals surface area contributed by atoms with E-state index in [9.17, 15) is 0 Å². The molecule has 0 radical (unpaired) electrons. The summed E-state index contributed by atoms with van der Waals surface area (Å²) in [4.78, 5) is 7.26. The van der Waals surface area contributed by atoms with Gasteiger partial charge in [0, 0.05) is 48.2 Å². The van der Waals surface area contributed by atoms with Gasteiger partial charge in [-0.1, -0.05) is 127 Å². The molecule has 0 bridgehead atoms. The second-order valence-corrected chi connectivity index (χ2v) is 16.2. The molecule has 12 aromatic rings. The van der Waals surface area contributed by atoms with Crippen LogP contribution >= 0.6 is 11.3 Å². The number of hydrogen-bond donors (Lipinski definition) is 0. The topological polar surface area (TPSA) is 42.4 Å². The van der Waals surface area contributed by atoms with Crippen LogP contribution in [-0.4, -0.2) is 4.98 Å². The normalized spacial score (nSPS) is 11.7. The molecule has 282 valence electrons. The van der Waals surface area contributed by atoms with Gasteiger partial charge in [0.1, 0.15) is 16.7 Å². The minimum Gasteiger partial charge on any atom is -0.456 e. The first-order chi connectivity index (χ1) is 29.7. The number of nitrogens with zero attached hydrogens (tertiary/aromatic N) is 2. The molecule has 0 atom stereocenters. The molecule has 0 saturated heterocycles. The zero-order chi connectivity index (χ0) is 39.6. The van der Waals surface area contributed by atoms with E-state index in [4.69, 9.17) is 13.8 Å². The van der Waals surface area contributed by atoms with Crippen molar-refractivity contribution in [1.82, 2.24) is 4.98 Å². The van der Waals surface area contributed by atoms with Gasteiger partial charge in [0.25, 0.3) is 0 Å². The summed E-state index contributed by atoms with van der Waals surface area (Å²) in [6.45, 7) is 0. The number of oxazole rings is 1. The van der Waals surface area contributed by atoms with E-state index >= 15 is 0 Å². The fraction of sp³-hybridized carbons (Fsp3) is 0. The van der Waals surface area contributed by atoms with Crippen molar-refractivity contribution in [1.29, 1.82) is 0 Å². The molecule has 0 unspecified atom stereocenters. The lowest BCUT2D eigenvalue weighted by atomic mass is 10.0. The molecule has 0 fully saturated rings. The highest BCUT2D eigenvalue weighted by atomic mass is 32.1. The summed E-state index contributed by atoms with van der Waals surface area (Å²) in [6, 6.07) is 72.9. The van der Waals surface area contributed by atoms with E-state index < -0.39 is 0 Å². The van der Waals surface area contributed by atoms with E-state index in [-0.39, 0.29) is 0 Å². The third-order valence-corrected chi connectivity index (χ3v) is 12.7. The number of furan rings is 1. The van der Waals surface area contributed by atoms with Crippen LogP contribution in [-0.2, 0) is 0 Å². The van der Waals surface area contributed by atoms with Gasteiger partial charge < -0.3 is 13.7 Å². The zero-order valence-electron chi connectivity index (χ0n) is 32.2. The molecule has 3 heterocycles. The van der Waals surface area contributed by atoms with Crippen LogP contribution in [0, 0.1) is 0 Å². The number of thiophene rings is 1. The third kappa shape index (κ3) is 5.78. The third-order valence-electron chi connectivity index (χ3n) is 11.5. The van der Waals surface area contributed by atoms with Crippen molar-refractivity contribution in [3.8, 4) is 44.8 Å². The number of rotatable bonds is 7. The van der Waals surface area contributed by atoms with Gasteiger partial charge in [-0.25, -0.2) is 4.98 Å². The first kappa shape index (κ1) is 34.3. The van der Waals surface area contributed by atoms with Crippen LogP contribution < -0.4 is 4.90 Å². The van der Waals surface area contributed by atoms with Gasteiger partial charge in [0.2, 0.25) is 5.89 Å². The minimum atomic E-state index is 0.603. The fourth-order valence-corrected chi connectivity index (χ4v) is 9.84.